The number of carbonyl (C=O) groups excluding carboxylic acids is 2. The summed E-state index contributed by atoms with van der Waals surface area (Å²) in [6.07, 6.45) is 0.326. The molecule has 2 aromatic carbocycles. The van der Waals surface area contributed by atoms with Gasteiger partial charge in [-0.3, -0.25) is 9.59 Å². The van der Waals surface area contributed by atoms with E-state index in [4.69, 9.17) is 0 Å². The van der Waals surface area contributed by atoms with Gasteiger partial charge in [0.2, 0.25) is 11.8 Å². The first-order chi connectivity index (χ1) is 11.5. The molecule has 1 N–H and O–H groups in total. The van der Waals surface area contributed by atoms with Crippen LogP contribution in [0.4, 0.5) is 5.69 Å². The molecular weight excluding hydrogens is 320 g/mol. The van der Waals surface area contributed by atoms with Crippen LogP contribution in [0, 0.1) is 0 Å². The third-order valence-electron chi connectivity index (χ3n) is 4.02. The monoisotopic (exact) mass is 340 g/mol. The summed E-state index contributed by atoms with van der Waals surface area (Å²) in [4.78, 5) is 27.0. The zero-order valence-corrected chi connectivity index (χ0v) is 14.6. The summed E-state index contributed by atoms with van der Waals surface area (Å²) >= 11 is 1.55. The zero-order valence-electron chi connectivity index (χ0n) is 13.8. The van der Waals surface area contributed by atoms with Crippen LogP contribution in [-0.4, -0.2) is 29.0 Å². The molecule has 1 heterocycles. The van der Waals surface area contributed by atoms with E-state index >= 15 is 0 Å². The molecule has 0 radical (unpaired) electrons. The minimum Gasteiger partial charge on any atom is -0.341 e. The molecule has 4 nitrogen and oxygen atoms in total. The van der Waals surface area contributed by atoms with E-state index in [1.54, 1.807) is 16.7 Å². The fourth-order valence-corrected chi connectivity index (χ4v) is 3.55. The number of benzene rings is 2. The largest absolute Gasteiger partial charge is 0.341 e. The highest BCUT2D eigenvalue weighted by Crippen LogP contribution is 2.36. The Bertz CT molecular complexity index is 761. The molecule has 1 aliphatic rings. The lowest BCUT2D eigenvalue weighted by molar-refractivity contribution is -0.129. The van der Waals surface area contributed by atoms with Crippen LogP contribution in [0.2, 0.25) is 0 Å². The van der Waals surface area contributed by atoms with Crippen molar-refractivity contribution in [3.63, 3.8) is 0 Å². The van der Waals surface area contributed by atoms with Crippen LogP contribution < -0.4 is 5.32 Å². The van der Waals surface area contributed by atoms with Crippen molar-refractivity contribution < 1.29 is 9.59 Å². The van der Waals surface area contributed by atoms with Crippen molar-refractivity contribution in [1.29, 1.82) is 0 Å². The van der Waals surface area contributed by atoms with Crippen LogP contribution in [0.1, 0.15) is 18.1 Å². The van der Waals surface area contributed by atoms with Crippen molar-refractivity contribution in [2.75, 3.05) is 12.4 Å². The molecule has 3 rings (SSSR count). The number of amides is 2. The van der Waals surface area contributed by atoms with E-state index in [1.165, 1.54) is 0 Å². The van der Waals surface area contributed by atoms with Crippen molar-refractivity contribution in [1.82, 2.24) is 4.90 Å². The number of anilines is 1. The topological polar surface area (TPSA) is 49.4 Å². The van der Waals surface area contributed by atoms with Gasteiger partial charge in [-0.25, -0.2) is 0 Å². The van der Waals surface area contributed by atoms with Crippen molar-refractivity contribution in [3.05, 3.63) is 59.7 Å². The Kier molecular flexibility index (Phi) is 4.90. The Morgan fingerprint density at radius 2 is 1.92 bits per heavy atom. The summed E-state index contributed by atoms with van der Waals surface area (Å²) in [5, 5.41) is 2.83. The second kappa shape index (κ2) is 7.09. The van der Waals surface area contributed by atoms with Gasteiger partial charge in [-0.05, 0) is 30.2 Å². The lowest BCUT2D eigenvalue weighted by Crippen LogP contribution is -2.28. The van der Waals surface area contributed by atoms with E-state index in [9.17, 15) is 9.59 Å². The summed E-state index contributed by atoms with van der Waals surface area (Å²) in [6.45, 7) is 2.48. The molecule has 5 heteroatoms. The number of likely N-dealkylation sites (N-methyl/N-ethyl adjacent to an activating group) is 1. The summed E-state index contributed by atoms with van der Waals surface area (Å²) in [7, 11) is 1.81. The number of nitrogens with one attached hydrogen (secondary N) is 1. The Labute approximate surface area is 146 Å². The van der Waals surface area contributed by atoms with E-state index in [-0.39, 0.29) is 17.1 Å². The normalized spacial score (nSPS) is 16.2. The van der Waals surface area contributed by atoms with Gasteiger partial charge >= 0.3 is 0 Å². The molecule has 0 saturated carbocycles. The Balaban J connectivity index is 1.66. The summed E-state index contributed by atoms with van der Waals surface area (Å²) in [6, 6.07) is 15.8. The van der Waals surface area contributed by atoms with Crippen molar-refractivity contribution >= 4 is 29.3 Å². The molecule has 0 aromatic heterocycles. The third kappa shape index (κ3) is 3.79. The molecule has 0 fully saturated rings. The van der Waals surface area contributed by atoms with Gasteiger partial charge in [0.05, 0.1) is 17.4 Å². The molecule has 1 aliphatic heterocycles. The maximum atomic E-state index is 12.4. The highest BCUT2D eigenvalue weighted by molar-refractivity contribution is 8.00. The fraction of sp³-hybridized carbons (Fsp3) is 0.263. The number of carbonyl (C=O) groups is 2. The standard InChI is InChI=1S/C19H20N2O2S/c1-13-19(23)20-16-10-15(8-9-17(16)24-13)11-18(22)21(2)12-14-6-4-3-5-7-14/h3-10,13H,11-12H2,1-2H3,(H,20,23). The van der Waals surface area contributed by atoms with Gasteiger partial charge in [-0.1, -0.05) is 36.4 Å². The molecule has 2 amide bonds. The zero-order chi connectivity index (χ0) is 17.1. The van der Waals surface area contributed by atoms with Crippen molar-refractivity contribution in [2.45, 2.75) is 30.0 Å². The van der Waals surface area contributed by atoms with Gasteiger partial charge in [0.1, 0.15) is 0 Å². The molecule has 0 aliphatic carbocycles. The van der Waals surface area contributed by atoms with Crippen LogP contribution in [0.25, 0.3) is 0 Å². The molecule has 124 valence electrons. The summed E-state index contributed by atoms with van der Waals surface area (Å²) in [5.74, 6) is 0.0686. The number of thioether (sulfide) groups is 1. The number of fused-ring (bicyclic) bond motifs is 1. The number of hydrogen-bond donors (Lipinski definition) is 1. The van der Waals surface area contributed by atoms with Crippen LogP contribution in [0.5, 0.6) is 0 Å². The van der Waals surface area contributed by atoms with E-state index in [0.717, 1.165) is 21.7 Å². The molecule has 24 heavy (non-hydrogen) atoms. The second-order valence-corrected chi connectivity index (χ2v) is 7.37. The van der Waals surface area contributed by atoms with Crippen LogP contribution in [0.3, 0.4) is 0 Å². The van der Waals surface area contributed by atoms with Crippen LogP contribution in [0.15, 0.2) is 53.4 Å². The highest BCUT2D eigenvalue weighted by Gasteiger charge is 2.23. The maximum absolute atomic E-state index is 12.4. The van der Waals surface area contributed by atoms with E-state index < -0.39 is 0 Å². The van der Waals surface area contributed by atoms with E-state index in [0.29, 0.717) is 13.0 Å². The molecule has 0 spiro atoms. The summed E-state index contributed by atoms with van der Waals surface area (Å²) in [5.41, 5.74) is 2.82. The van der Waals surface area contributed by atoms with E-state index in [2.05, 4.69) is 5.32 Å². The smallest absolute Gasteiger partial charge is 0.237 e. The van der Waals surface area contributed by atoms with Gasteiger partial charge in [0.25, 0.3) is 0 Å². The summed E-state index contributed by atoms with van der Waals surface area (Å²) < 4.78 is 0. The van der Waals surface area contributed by atoms with Crippen LogP contribution in [-0.2, 0) is 22.6 Å². The highest BCUT2D eigenvalue weighted by atomic mass is 32.2. The quantitative estimate of drug-likeness (QED) is 0.929. The average Bonchev–Trinajstić information content (AvgIpc) is 2.57. The maximum Gasteiger partial charge on any atom is 0.237 e. The minimum atomic E-state index is -0.0815. The minimum absolute atomic E-state index is 0.0113. The Morgan fingerprint density at radius 1 is 1.17 bits per heavy atom. The molecule has 2 aromatic rings. The number of rotatable bonds is 4. The van der Waals surface area contributed by atoms with Crippen molar-refractivity contribution in [2.24, 2.45) is 0 Å². The van der Waals surface area contributed by atoms with Gasteiger partial charge in [0, 0.05) is 18.5 Å². The SMILES string of the molecule is CC1Sc2ccc(CC(=O)N(C)Cc3ccccc3)cc2NC1=O. The van der Waals surface area contributed by atoms with Crippen molar-refractivity contribution in [3.8, 4) is 0 Å². The first-order valence-electron chi connectivity index (χ1n) is 7.91. The first kappa shape index (κ1) is 16.6. The predicted octanol–water partition coefficient (Wildman–Crippen LogP) is 3.32. The van der Waals surface area contributed by atoms with E-state index in [1.807, 2.05) is 62.5 Å². The van der Waals surface area contributed by atoms with Gasteiger partial charge < -0.3 is 10.2 Å². The van der Waals surface area contributed by atoms with Gasteiger partial charge in [-0.2, -0.15) is 0 Å². The number of hydrogen-bond acceptors (Lipinski definition) is 3. The fourth-order valence-electron chi connectivity index (χ4n) is 2.62. The molecule has 1 atom stereocenters. The van der Waals surface area contributed by atoms with Crippen LogP contribution >= 0.6 is 11.8 Å². The lowest BCUT2D eigenvalue weighted by atomic mass is 10.1. The number of nitrogens with zero attached hydrogens (tertiary/aromatic N) is 1. The van der Waals surface area contributed by atoms with Gasteiger partial charge in [-0.15, -0.1) is 11.8 Å². The first-order valence-corrected chi connectivity index (χ1v) is 8.79. The molecule has 0 saturated heterocycles. The average molecular weight is 340 g/mol. The molecular formula is C19H20N2O2S. The molecule has 0 bridgehead atoms. The Hall–Kier alpha value is -2.27. The van der Waals surface area contributed by atoms with Gasteiger partial charge in [0.15, 0.2) is 0 Å². The third-order valence-corrected chi connectivity index (χ3v) is 5.20. The predicted molar refractivity (Wildman–Crippen MR) is 97.0 cm³/mol. The second-order valence-electron chi connectivity index (χ2n) is 5.99. The lowest BCUT2D eigenvalue weighted by Gasteiger charge is -2.22. The molecule has 1 unspecified atom stereocenters. The Morgan fingerprint density at radius 3 is 2.67 bits per heavy atom.